The standard InChI is InChI=1S/C11H13N3S/c1-7(2)10-9(4-5-12)14-6-8(3)15-11(14)13-10/h6-7H,4H2,1-3H3. The summed E-state index contributed by atoms with van der Waals surface area (Å²) in [4.78, 5) is 6.81. The Morgan fingerprint density at radius 3 is 2.93 bits per heavy atom. The Balaban J connectivity index is 2.66. The molecule has 0 aliphatic carbocycles. The normalized spacial score (nSPS) is 11.1. The number of thiazole rings is 1. The summed E-state index contributed by atoms with van der Waals surface area (Å²) in [7, 11) is 0. The number of aromatic nitrogens is 2. The highest BCUT2D eigenvalue weighted by atomic mass is 32.1. The van der Waals surface area contributed by atoms with Gasteiger partial charge in [0.05, 0.1) is 23.9 Å². The van der Waals surface area contributed by atoms with Crippen molar-refractivity contribution in [1.29, 1.82) is 5.26 Å². The third-order valence-electron chi connectivity index (χ3n) is 2.37. The van der Waals surface area contributed by atoms with Crippen molar-refractivity contribution in [2.75, 3.05) is 0 Å². The summed E-state index contributed by atoms with van der Waals surface area (Å²) in [6, 6.07) is 2.21. The Hall–Kier alpha value is -1.34. The van der Waals surface area contributed by atoms with E-state index in [1.165, 1.54) is 4.88 Å². The Morgan fingerprint density at radius 1 is 1.60 bits per heavy atom. The molecule has 15 heavy (non-hydrogen) atoms. The summed E-state index contributed by atoms with van der Waals surface area (Å²) in [6.45, 7) is 6.28. The van der Waals surface area contributed by atoms with Crippen molar-refractivity contribution in [2.45, 2.75) is 33.1 Å². The molecule has 3 nitrogen and oxygen atoms in total. The number of fused-ring (bicyclic) bond motifs is 1. The molecular formula is C11H13N3S. The average Bonchev–Trinajstić information content (AvgIpc) is 2.64. The molecule has 2 aromatic heterocycles. The summed E-state index contributed by atoms with van der Waals surface area (Å²) >= 11 is 1.67. The van der Waals surface area contributed by atoms with Crippen LogP contribution in [-0.4, -0.2) is 9.38 Å². The van der Waals surface area contributed by atoms with Crippen LogP contribution in [0.1, 0.15) is 36.0 Å². The molecule has 2 rings (SSSR count). The molecule has 0 fully saturated rings. The second kappa shape index (κ2) is 3.67. The van der Waals surface area contributed by atoms with Crippen molar-refractivity contribution >= 4 is 16.3 Å². The van der Waals surface area contributed by atoms with Gasteiger partial charge in [-0.15, -0.1) is 11.3 Å². The lowest BCUT2D eigenvalue weighted by atomic mass is 10.1. The van der Waals surface area contributed by atoms with E-state index in [0.29, 0.717) is 12.3 Å². The van der Waals surface area contributed by atoms with Gasteiger partial charge >= 0.3 is 0 Å². The van der Waals surface area contributed by atoms with Crippen LogP contribution >= 0.6 is 11.3 Å². The van der Waals surface area contributed by atoms with Crippen LogP contribution in [0.15, 0.2) is 6.20 Å². The third kappa shape index (κ3) is 1.64. The maximum Gasteiger partial charge on any atom is 0.194 e. The molecular weight excluding hydrogens is 206 g/mol. The van der Waals surface area contributed by atoms with Crippen molar-refractivity contribution in [3.63, 3.8) is 0 Å². The molecule has 0 saturated carbocycles. The minimum absolute atomic E-state index is 0.376. The van der Waals surface area contributed by atoms with Gasteiger partial charge in [0.1, 0.15) is 0 Å². The Kier molecular flexibility index (Phi) is 2.49. The second-order valence-corrected chi connectivity index (χ2v) is 5.14. The molecule has 0 aliphatic rings. The second-order valence-electron chi connectivity index (χ2n) is 3.93. The van der Waals surface area contributed by atoms with Crippen LogP contribution in [0.2, 0.25) is 0 Å². The highest BCUT2D eigenvalue weighted by Gasteiger charge is 2.15. The van der Waals surface area contributed by atoms with Crippen molar-refractivity contribution < 1.29 is 0 Å². The number of rotatable bonds is 2. The van der Waals surface area contributed by atoms with Crippen LogP contribution in [0.4, 0.5) is 0 Å². The number of imidazole rings is 1. The summed E-state index contributed by atoms with van der Waals surface area (Å²) in [5.74, 6) is 0.376. The maximum absolute atomic E-state index is 8.82. The highest BCUT2D eigenvalue weighted by molar-refractivity contribution is 7.17. The lowest BCUT2D eigenvalue weighted by Gasteiger charge is -2.02. The average molecular weight is 219 g/mol. The molecule has 0 unspecified atom stereocenters. The van der Waals surface area contributed by atoms with Gasteiger partial charge in [0.15, 0.2) is 4.96 Å². The number of hydrogen-bond donors (Lipinski definition) is 0. The molecule has 0 saturated heterocycles. The van der Waals surface area contributed by atoms with Gasteiger partial charge in [-0.2, -0.15) is 5.26 Å². The van der Waals surface area contributed by atoms with Crippen molar-refractivity contribution in [3.05, 3.63) is 22.5 Å². The smallest absolute Gasteiger partial charge is 0.194 e. The van der Waals surface area contributed by atoms with Gasteiger partial charge in [-0.1, -0.05) is 13.8 Å². The monoisotopic (exact) mass is 219 g/mol. The molecule has 0 radical (unpaired) electrons. The van der Waals surface area contributed by atoms with E-state index in [1.54, 1.807) is 11.3 Å². The molecule has 2 heterocycles. The van der Waals surface area contributed by atoms with E-state index in [0.717, 1.165) is 16.3 Å². The fraction of sp³-hybridized carbons (Fsp3) is 0.455. The Bertz CT molecular complexity index is 528. The van der Waals surface area contributed by atoms with E-state index in [-0.39, 0.29) is 0 Å². The van der Waals surface area contributed by atoms with Gasteiger partial charge in [0.25, 0.3) is 0 Å². The topological polar surface area (TPSA) is 41.1 Å². The van der Waals surface area contributed by atoms with Gasteiger partial charge < -0.3 is 0 Å². The molecule has 0 atom stereocenters. The first-order valence-corrected chi connectivity index (χ1v) is 5.79. The minimum Gasteiger partial charge on any atom is -0.293 e. The number of nitriles is 1. The first-order valence-electron chi connectivity index (χ1n) is 4.97. The van der Waals surface area contributed by atoms with Gasteiger partial charge in [-0.3, -0.25) is 4.40 Å². The van der Waals surface area contributed by atoms with E-state index in [1.807, 2.05) is 0 Å². The lowest BCUT2D eigenvalue weighted by molar-refractivity contribution is 0.814. The van der Waals surface area contributed by atoms with E-state index < -0.39 is 0 Å². The molecule has 0 bridgehead atoms. The van der Waals surface area contributed by atoms with Crippen LogP contribution in [0, 0.1) is 18.3 Å². The van der Waals surface area contributed by atoms with E-state index >= 15 is 0 Å². The predicted molar refractivity (Wildman–Crippen MR) is 61.2 cm³/mol. The summed E-state index contributed by atoms with van der Waals surface area (Å²) in [5.41, 5.74) is 2.11. The van der Waals surface area contributed by atoms with Crippen molar-refractivity contribution in [1.82, 2.24) is 9.38 Å². The van der Waals surface area contributed by atoms with Crippen LogP contribution in [0.5, 0.6) is 0 Å². The van der Waals surface area contributed by atoms with Crippen LogP contribution in [0.25, 0.3) is 4.96 Å². The SMILES string of the molecule is Cc1cn2c(CC#N)c(C(C)C)nc2s1. The first-order chi connectivity index (χ1) is 7.13. The molecule has 0 aromatic carbocycles. The van der Waals surface area contributed by atoms with Gasteiger partial charge in [-0.05, 0) is 12.8 Å². The molecule has 4 heteroatoms. The number of hydrogen-bond acceptors (Lipinski definition) is 3. The molecule has 0 N–H and O–H groups in total. The number of aryl methyl sites for hydroxylation is 1. The summed E-state index contributed by atoms with van der Waals surface area (Å²) in [6.07, 6.45) is 2.50. The quantitative estimate of drug-likeness (QED) is 0.779. The van der Waals surface area contributed by atoms with Crippen LogP contribution in [-0.2, 0) is 6.42 Å². The zero-order chi connectivity index (χ0) is 11.0. The molecule has 0 aliphatic heterocycles. The van der Waals surface area contributed by atoms with Gasteiger partial charge in [-0.25, -0.2) is 4.98 Å². The van der Waals surface area contributed by atoms with E-state index in [4.69, 9.17) is 5.26 Å². The molecule has 78 valence electrons. The van der Waals surface area contributed by atoms with Crippen molar-refractivity contribution in [3.8, 4) is 6.07 Å². The van der Waals surface area contributed by atoms with E-state index in [2.05, 4.69) is 42.4 Å². The van der Waals surface area contributed by atoms with Crippen LogP contribution < -0.4 is 0 Å². The first kappa shape index (κ1) is 10.2. The fourth-order valence-corrected chi connectivity index (χ4v) is 2.58. The summed E-state index contributed by atoms with van der Waals surface area (Å²) in [5, 5.41) is 8.82. The minimum atomic E-state index is 0.376. The molecule has 0 amide bonds. The summed E-state index contributed by atoms with van der Waals surface area (Å²) < 4.78 is 2.05. The zero-order valence-corrected chi connectivity index (χ0v) is 9.93. The Morgan fingerprint density at radius 2 is 2.33 bits per heavy atom. The maximum atomic E-state index is 8.82. The lowest BCUT2D eigenvalue weighted by Crippen LogP contribution is -1.96. The highest BCUT2D eigenvalue weighted by Crippen LogP contribution is 2.25. The third-order valence-corrected chi connectivity index (χ3v) is 3.26. The van der Waals surface area contributed by atoms with Crippen LogP contribution in [0.3, 0.4) is 0 Å². The van der Waals surface area contributed by atoms with E-state index in [9.17, 15) is 0 Å². The largest absolute Gasteiger partial charge is 0.293 e. The van der Waals surface area contributed by atoms with Gasteiger partial charge in [0.2, 0.25) is 0 Å². The fourth-order valence-electron chi connectivity index (χ4n) is 1.73. The van der Waals surface area contributed by atoms with Gasteiger partial charge in [0, 0.05) is 11.1 Å². The zero-order valence-electron chi connectivity index (χ0n) is 9.11. The number of nitrogens with zero attached hydrogens (tertiary/aromatic N) is 3. The molecule has 2 aromatic rings. The Labute approximate surface area is 93.0 Å². The van der Waals surface area contributed by atoms with Crippen molar-refractivity contribution in [2.24, 2.45) is 0 Å². The molecule has 0 spiro atoms. The predicted octanol–water partition coefficient (Wildman–Crippen LogP) is 2.89.